The summed E-state index contributed by atoms with van der Waals surface area (Å²) in [7, 11) is 1.61. The Morgan fingerprint density at radius 3 is 2.39 bits per heavy atom. The van der Waals surface area contributed by atoms with Crippen molar-refractivity contribution >= 4 is 39.9 Å². The molecule has 3 aromatic rings. The van der Waals surface area contributed by atoms with E-state index >= 15 is 0 Å². The van der Waals surface area contributed by atoms with Crippen molar-refractivity contribution in [3.05, 3.63) is 65.0 Å². The predicted molar refractivity (Wildman–Crippen MR) is 115 cm³/mol. The zero-order valence-electron chi connectivity index (χ0n) is 15.5. The van der Waals surface area contributed by atoms with Gasteiger partial charge in [-0.1, -0.05) is 30.3 Å². The van der Waals surface area contributed by atoms with E-state index in [-0.39, 0.29) is 11.7 Å². The Morgan fingerprint density at radius 2 is 1.79 bits per heavy atom. The van der Waals surface area contributed by atoms with Crippen LogP contribution in [0.2, 0.25) is 0 Å². The summed E-state index contributed by atoms with van der Waals surface area (Å²) in [5.41, 5.74) is 7.67. The third kappa shape index (κ3) is 4.55. The number of ether oxygens (including phenoxy) is 1. The van der Waals surface area contributed by atoms with Crippen LogP contribution >= 0.6 is 23.1 Å². The van der Waals surface area contributed by atoms with E-state index in [1.807, 2.05) is 61.5 Å². The van der Waals surface area contributed by atoms with Crippen LogP contribution in [0.1, 0.15) is 15.2 Å². The van der Waals surface area contributed by atoms with E-state index in [1.54, 1.807) is 7.11 Å². The molecule has 3 rings (SSSR count). The summed E-state index contributed by atoms with van der Waals surface area (Å²) in [6, 6.07) is 17.1. The number of hydrogen-bond acceptors (Lipinski definition) is 5. The number of benzene rings is 2. The molecule has 1 aromatic heterocycles. The maximum Gasteiger partial charge on any atom is 0.252 e. The number of aryl methyl sites for hydroxylation is 1. The van der Waals surface area contributed by atoms with E-state index < -0.39 is 5.91 Å². The van der Waals surface area contributed by atoms with Gasteiger partial charge >= 0.3 is 0 Å². The lowest BCUT2D eigenvalue weighted by molar-refractivity contribution is -0.113. The minimum absolute atomic E-state index is 0.191. The van der Waals surface area contributed by atoms with E-state index in [2.05, 4.69) is 5.32 Å². The number of amides is 2. The van der Waals surface area contributed by atoms with Crippen molar-refractivity contribution < 1.29 is 14.3 Å². The molecule has 0 saturated heterocycles. The average Bonchev–Trinajstić information content (AvgIpc) is 3.03. The van der Waals surface area contributed by atoms with Crippen LogP contribution in [0.15, 0.2) is 59.5 Å². The van der Waals surface area contributed by atoms with Gasteiger partial charge in [-0.25, -0.2) is 0 Å². The van der Waals surface area contributed by atoms with Gasteiger partial charge in [-0.15, -0.1) is 23.1 Å². The number of carbonyl (C=O) groups is 2. The summed E-state index contributed by atoms with van der Waals surface area (Å²) in [6.07, 6.45) is 0. The second kappa shape index (κ2) is 8.95. The molecule has 0 aliphatic rings. The lowest BCUT2D eigenvalue weighted by atomic mass is 10.0. The van der Waals surface area contributed by atoms with E-state index in [1.165, 1.54) is 23.1 Å². The van der Waals surface area contributed by atoms with Gasteiger partial charge in [0.2, 0.25) is 5.91 Å². The Hall–Kier alpha value is -2.77. The normalized spacial score (nSPS) is 10.5. The molecule has 144 valence electrons. The summed E-state index contributed by atoms with van der Waals surface area (Å²) in [4.78, 5) is 26.4. The van der Waals surface area contributed by atoms with Gasteiger partial charge in [0, 0.05) is 15.3 Å². The first-order chi connectivity index (χ1) is 13.5. The van der Waals surface area contributed by atoms with E-state index in [4.69, 9.17) is 10.5 Å². The Labute approximate surface area is 171 Å². The van der Waals surface area contributed by atoms with Crippen molar-refractivity contribution in [2.24, 2.45) is 5.73 Å². The van der Waals surface area contributed by atoms with Gasteiger partial charge in [0.05, 0.1) is 18.4 Å². The van der Waals surface area contributed by atoms with Crippen LogP contribution in [0.25, 0.3) is 11.1 Å². The quantitative estimate of drug-likeness (QED) is 0.557. The molecule has 7 heteroatoms. The molecule has 0 aliphatic carbocycles. The number of nitrogens with one attached hydrogen (secondary N) is 1. The number of methoxy groups -OCH3 is 1. The second-order valence-electron chi connectivity index (χ2n) is 5.98. The Bertz CT molecular complexity index is 983. The largest absolute Gasteiger partial charge is 0.497 e. The van der Waals surface area contributed by atoms with Gasteiger partial charge in [-0.3, -0.25) is 9.59 Å². The highest BCUT2D eigenvalue weighted by Crippen LogP contribution is 2.39. The van der Waals surface area contributed by atoms with Crippen LogP contribution in [-0.4, -0.2) is 24.7 Å². The van der Waals surface area contributed by atoms with Crippen LogP contribution in [0.4, 0.5) is 5.00 Å². The van der Waals surface area contributed by atoms with Gasteiger partial charge in [0.25, 0.3) is 5.91 Å². The predicted octanol–water partition coefficient (Wildman–Crippen LogP) is 4.56. The fraction of sp³-hybridized carbons (Fsp3) is 0.143. The molecule has 0 aliphatic heterocycles. The van der Waals surface area contributed by atoms with Gasteiger partial charge in [-0.05, 0) is 36.8 Å². The number of nitrogens with two attached hydrogens (primary N) is 1. The van der Waals surface area contributed by atoms with Crippen molar-refractivity contribution in [3.63, 3.8) is 0 Å². The molecule has 2 amide bonds. The summed E-state index contributed by atoms with van der Waals surface area (Å²) in [5, 5.41) is 3.34. The highest BCUT2D eigenvalue weighted by Gasteiger charge is 2.22. The number of rotatable bonds is 7. The summed E-state index contributed by atoms with van der Waals surface area (Å²) >= 11 is 2.77. The van der Waals surface area contributed by atoms with Gasteiger partial charge in [0.15, 0.2) is 0 Å². The zero-order chi connectivity index (χ0) is 20.1. The van der Waals surface area contributed by atoms with Crippen LogP contribution in [0.5, 0.6) is 5.75 Å². The number of thioether (sulfide) groups is 1. The molecule has 28 heavy (non-hydrogen) atoms. The summed E-state index contributed by atoms with van der Waals surface area (Å²) in [6.45, 7) is 1.92. The number of thiophene rings is 1. The summed E-state index contributed by atoms with van der Waals surface area (Å²) < 4.78 is 5.13. The first-order valence-electron chi connectivity index (χ1n) is 8.55. The fourth-order valence-corrected chi connectivity index (χ4v) is 4.60. The lowest BCUT2D eigenvalue weighted by Crippen LogP contribution is -2.18. The average molecular weight is 413 g/mol. The van der Waals surface area contributed by atoms with E-state index in [0.29, 0.717) is 10.6 Å². The molecule has 0 spiro atoms. The summed E-state index contributed by atoms with van der Waals surface area (Å²) in [5.74, 6) is 0.246. The number of anilines is 1. The third-order valence-electron chi connectivity index (χ3n) is 4.08. The van der Waals surface area contributed by atoms with Crippen molar-refractivity contribution in [1.29, 1.82) is 0 Å². The number of primary amides is 1. The Kier molecular flexibility index (Phi) is 6.38. The molecule has 1 heterocycles. The van der Waals surface area contributed by atoms with Gasteiger partial charge in [0.1, 0.15) is 10.8 Å². The molecule has 0 radical (unpaired) electrons. The second-order valence-corrected chi connectivity index (χ2v) is 8.25. The first-order valence-corrected chi connectivity index (χ1v) is 10.3. The van der Waals surface area contributed by atoms with Crippen LogP contribution in [0, 0.1) is 6.92 Å². The Morgan fingerprint density at radius 1 is 1.11 bits per heavy atom. The molecule has 0 bridgehead atoms. The fourth-order valence-electron chi connectivity index (χ4n) is 2.80. The maximum atomic E-state index is 12.4. The standard InChI is InChI=1S/C21H20N2O3S2/c1-13-18(14-6-4-3-5-7-14)19(20(22)25)21(28-13)23-17(24)12-27-16-10-8-15(26-2)9-11-16/h3-11H,12H2,1-2H3,(H2,22,25)(H,23,24). The molecular formula is C21H20N2O3S2. The molecule has 0 saturated carbocycles. The van der Waals surface area contributed by atoms with Crippen molar-refractivity contribution in [2.45, 2.75) is 11.8 Å². The van der Waals surface area contributed by atoms with Gasteiger partial charge in [-0.2, -0.15) is 0 Å². The molecule has 0 unspecified atom stereocenters. The molecule has 5 nitrogen and oxygen atoms in total. The van der Waals surface area contributed by atoms with Crippen LogP contribution < -0.4 is 15.8 Å². The van der Waals surface area contributed by atoms with E-state index in [9.17, 15) is 9.59 Å². The zero-order valence-corrected chi connectivity index (χ0v) is 17.2. The number of carbonyl (C=O) groups excluding carboxylic acids is 2. The van der Waals surface area contributed by atoms with Crippen molar-refractivity contribution in [3.8, 4) is 16.9 Å². The minimum Gasteiger partial charge on any atom is -0.497 e. The Balaban J connectivity index is 1.76. The van der Waals surface area contributed by atoms with E-state index in [0.717, 1.165) is 26.6 Å². The van der Waals surface area contributed by atoms with Crippen molar-refractivity contribution in [2.75, 3.05) is 18.2 Å². The molecule has 3 N–H and O–H groups in total. The third-order valence-corrected chi connectivity index (χ3v) is 6.11. The van der Waals surface area contributed by atoms with Crippen LogP contribution in [0.3, 0.4) is 0 Å². The molecule has 0 atom stereocenters. The maximum absolute atomic E-state index is 12.4. The topological polar surface area (TPSA) is 81.4 Å². The highest BCUT2D eigenvalue weighted by molar-refractivity contribution is 8.00. The monoisotopic (exact) mass is 412 g/mol. The molecular weight excluding hydrogens is 392 g/mol. The highest BCUT2D eigenvalue weighted by atomic mass is 32.2. The van der Waals surface area contributed by atoms with Gasteiger partial charge < -0.3 is 15.8 Å². The first kappa shape index (κ1) is 20.0. The van der Waals surface area contributed by atoms with Crippen LogP contribution in [-0.2, 0) is 4.79 Å². The SMILES string of the molecule is COc1ccc(SCC(=O)Nc2sc(C)c(-c3ccccc3)c2C(N)=O)cc1. The van der Waals surface area contributed by atoms with Crippen molar-refractivity contribution in [1.82, 2.24) is 0 Å². The smallest absolute Gasteiger partial charge is 0.252 e. The lowest BCUT2D eigenvalue weighted by Gasteiger charge is -2.07. The molecule has 2 aromatic carbocycles. The number of hydrogen-bond donors (Lipinski definition) is 2. The molecule has 0 fully saturated rings. The minimum atomic E-state index is -0.554.